The number of nitrogens with zero attached hydrogens (tertiary/aromatic N) is 4. The van der Waals surface area contributed by atoms with Crippen molar-refractivity contribution in [2.45, 2.75) is 31.0 Å². The number of hydrogen-bond donors (Lipinski definition) is 4. The number of anilines is 1. The van der Waals surface area contributed by atoms with Gasteiger partial charge in [-0.2, -0.15) is 0 Å². The van der Waals surface area contributed by atoms with Crippen LogP contribution in [0.2, 0.25) is 0 Å². The van der Waals surface area contributed by atoms with Crippen molar-refractivity contribution in [2.24, 2.45) is 0 Å². The van der Waals surface area contributed by atoms with Crippen molar-refractivity contribution >= 4 is 17.0 Å². The number of fused-ring (bicyclic) bond motifs is 1. The molecule has 1 saturated heterocycles. The second kappa shape index (κ2) is 4.94. The lowest BCUT2D eigenvalue weighted by molar-refractivity contribution is -0.204. The van der Waals surface area contributed by atoms with Gasteiger partial charge in [0.15, 0.2) is 17.7 Å². The van der Waals surface area contributed by atoms with Crippen LogP contribution in [0.25, 0.3) is 11.2 Å². The second-order valence-electron chi connectivity index (χ2n) is 4.71. The molecule has 0 spiro atoms. The van der Waals surface area contributed by atoms with Gasteiger partial charge in [0.05, 0.1) is 25.1 Å². The maximum atomic E-state index is 10.1. The van der Waals surface area contributed by atoms with Crippen LogP contribution in [-0.4, -0.2) is 59.8 Å². The minimum Gasteiger partial charge on any atom is -0.394 e. The lowest BCUT2D eigenvalue weighted by atomic mass is 10.0. The molecule has 0 bridgehead atoms. The van der Waals surface area contributed by atoms with Crippen LogP contribution in [0.5, 0.6) is 0 Å². The molecule has 4 atom stereocenters. The van der Waals surface area contributed by atoms with E-state index in [1.54, 1.807) is 0 Å². The van der Waals surface area contributed by atoms with Gasteiger partial charge in [0.2, 0.25) is 0 Å². The monoisotopic (exact) mass is 281 g/mol. The minimum atomic E-state index is -1.15. The summed E-state index contributed by atoms with van der Waals surface area (Å²) in [4.78, 5) is 12.0. The van der Waals surface area contributed by atoms with Crippen molar-refractivity contribution in [3.8, 4) is 0 Å². The highest BCUT2D eigenvalue weighted by molar-refractivity contribution is 5.81. The molecule has 20 heavy (non-hydrogen) atoms. The average Bonchev–Trinajstić information content (AvgIpc) is 2.87. The lowest BCUT2D eigenvalue weighted by Gasteiger charge is -2.36. The highest BCUT2D eigenvalue weighted by atomic mass is 16.5. The Kier molecular flexibility index (Phi) is 3.26. The quantitative estimate of drug-likeness (QED) is 0.516. The summed E-state index contributed by atoms with van der Waals surface area (Å²) in [6.45, 7) is -0.246. The van der Waals surface area contributed by atoms with Crippen LogP contribution in [0, 0.1) is 0 Å². The predicted octanol–water partition coefficient (Wildman–Crippen LogP) is -1.59. The molecule has 3 heterocycles. The number of aliphatic hydroxyl groups is 3. The fraction of sp³-hybridized carbons (Fsp3) is 0.545. The summed E-state index contributed by atoms with van der Waals surface area (Å²) in [7, 11) is 0. The first-order valence-corrected chi connectivity index (χ1v) is 6.17. The molecule has 0 aliphatic carbocycles. The molecule has 108 valence electrons. The first-order valence-electron chi connectivity index (χ1n) is 6.17. The molecule has 9 nitrogen and oxygen atoms in total. The third-order valence-corrected chi connectivity index (χ3v) is 3.39. The Hall–Kier alpha value is -1.81. The molecule has 2 aromatic rings. The lowest BCUT2D eigenvalue weighted by Crippen LogP contribution is -2.46. The maximum absolute atomic E-state index is 10.1. The van der Waals surface area contributed by atoms with Gasteiger partial charge in [-0.05, 0) is 0 Å². The number of aliphatic hydroxyl groups excluding tert-OH is 3. The third kappa shape index (κ3) is 2.00. The van der Waals surface area contributed by atoms with Crippen LogP contribution in [0.3, 0.4) is 0 Å². The molecule has 0 amide bonds. The van der Waals surface area contributed by atoms with Crippen molar-refractivity contribution in [1.29, 1.82) is 0 Å². The van der Waals surface area contributed by atoms with Crippen molar-refractivity contribution in [3.05, 3.63) is 12.7 Å². The van der Waals surface area contributed by atoms with E-state index in [9.17, 15) is 15.3 Å². The van der Waals surface area contributed by atoms with Gasteiger partial charge in [-0.1, -0.05) is 0 Å². The van der Waals surface area contributed by atoms with E-state index >= 15 is 0 Å². The fourth-order valence-electron chi connectivity index (χ4n) is 2.34. The van der Waals surface area contributed by atoms with Crippen LogP contribution in [0.4, 0.5) is 5.82 Å². The van der Waals surface area contributed by atoms with E-state index in [-0.39, 0.29) is 18.8 Å². The zero-order valence-corrected chi connectivity index (χ0v) is 10.5. The summed E-state index contributed by atoms with van der Waals surface area (Å²) in [6.07, 6.45) is -0.738. The van der Waals surface area contributed by atoms with E-state index in [1.165, 1.54) is 17.2 Å². The number of aromatic nitrogens is 4. The van der Waals surface area contributed by atoms with Crippen molar-refractivity contribution in [2.75, 3.05) is 12.3 Å². The summed E-state index contributed by atoms with van der Waals surface area (Å²) in [6, 6.07) is 0. The Morgan fingerprint density at radius 2 is 2.15 bits per heavy atom. The van der Waals surface area contributed by atoms with Gasteiger partial charge >= 0.3 is 0 Å². The summed E-state index contributed by atoms with van der Waals surface area (Å²) in [5.74, 6) is 0.221. The number of nitrogen functional groups attached to an aromatic ring is 1. The molecule has 1 aliphatic rings. The Balaban J connectivity index is 2.03. The van der Waals surface area contributed by atoms with E-state index in [2.05, 4.69) is 15.0 Å². The van der Waals surface area contributed by atoms with E-state index in [1.807, 2.05) is 0 Å². The maximum Gasteiger partial charge on any atom is 0.167 e. The first-order chi connectivity index (χ1) is 9.61. The van der Waals surface area contributed by atoms with Crippen molar-refractivity contribution in [3.63, 3.8) is 0 Å². The van der Waals surface area contributed by atoms with E-state index < -0.39 is 24.5 Å². The van der Waals surface area contributed by atoms with E-state index in [4.69, 9.17) is 10.5 Å². The molecule has 1 aliphatic heterocycles. The molecule has 9 heteroatoms. The normalized spacial score (nSPS) is 30.8. The van der Waals surface area contributed by atoms with Crippen molar-refractivity contribution < 1.29 is 20.1 Å². The summed E-state index contributed by atoms with van der Waals surface area (Å²) in [5, 5.41) is 29.1. The summed E-state index contributed by atoms with van der Waals surface area (Å²) in [5.41, 5.74) is 6.48. The van der Waals surface area contributed by atoms with E-state index in [0.29, 0.717) is 11.2 Å². The SMILES string of the molecule is Nc1ncnc2c1ncn2C1OC(CO)CC(O)C1O. The predicted molar refractivity (Wildman–Crippen MR) is 67.4 cm³/mol. The molecule has 3 rings (SSSR count). The number of hydrogen-bond acceptors (Lipinski definition) is 8. The number of rotatable bonds is 2. The second-order valence-corrected chi connectivity index (χ2v) is 4.71. The molecule has 4 unspecified atom stereocenters. The molecule has 0 aromatic carbocycles. The van der Waals surface area contributed by atoms with Gasteiger partial charge in [0.1, 0.15) is 17.9 Å². The molecular formula is C11H15N5O4. The zero-order valence-electron chi connectivity index (χ0n) is 10.5. The molecule has 0 saturated carbocycles. The highest BCUT2D eigenvalue weighted by Gasteiger charge is 2.38. The Labute approximate surface area is 113 Å². The molecule has 0 radical (unpaired) electrons. The molecule has 1 fully saturated rings. The Bertz CT molecular complexity index is 618. The fourth-order valence-corrected chi connectivity index (χ4v) is 2.34. The number of ether oxygens (including phenoxy) is 1. The first kappa shape index (κ1) is 13.2. The highest BCUT2D eigenvalue weighted by Crippen LogP contribution is 2.30. The van der Waals surface area contributed by atoms with Gasteiger partial charge in [-0.15, -0.1) is 0 Å². The van der Waals surface area contributed by atoms with Crippen molar-refractivity contribution in [1.82, 2.24) is 19.5 Å². The van der Waals surface area contributed by atoms with Gasteiger partial charge in [-0.25, -0.2) is 15.0 Å². The largest absolute Gasteiger partial charge is 0.394 e. The average molecular weight is 281 g/mol. The van der Waals surface area contributed by atoms with Gasteiger partial charge in [0.25, 0.3) is 0 Å². The number of imidazole rings is 1. The molecule has 2 aromatic heterocycles. The van der Waals surface area contributed by atoms with Gasteiger partial charge in [-0.3, -0.25) is 4.57 Å². The smallest absolute Gasteiger partial charge is 0.167 e. The minimum absolute atomic E-state index is 0.165. The number of nitrogens with two attached hydrogens (primary N) is 1. The van der Waals surface area contributed by atoms with E-state index in [0.717, 1.165) is 0 Å². The Morgan fingerprint density at radius 1 is 1.35 bits per heavy atom. The third-order valence-electron chi connectivity index (χ3n) is 3.39. The van der Waals surface area contributed by atoms with Gasteiger partial charge < -0.3 is 25.8 Å². The van der Waals surface area contributed by atoms with Crippen LogP contribution in [0.1, 0.15) is 12.6 Å². The summed E-state index contributed by atoms with van der Waals surface area (Å²) >= 11 is 0. The van der Waals surface area contributed by atoms with Crippen LogP contribution >= 0.6 is 0 Å². The zero-order chi connectivity index (χ0) is 14.3. The van der Waals surface area contributed by atoms with Crippen LogP contribution < -0.4 is 5.73 Å². The summed E-state index contributed by atoms with van der Waals surface area (Å²) < 4.78 is 7.05. The van der Waals surface area contributed by atoms with Crippen LogP contribution in [-0.2, 0) is 4.74 Å². The van der Waals surface area contributed by atoms with Crippen LogP contribution in [0.15, 0.2) is 12.7 Å². The Morgan fingerprint density at radius 3 is 2.90 bits per heavy atom. The molecular weight excluding hydrogens is 266 g/mol. The van der Waals surface area contributed by atoms with Gasteiger partial charge in [0, 0.05) is 6.42 Å². The topological polar surface area (TPSA) is 140 Å². The standard InChI is InChI=1S/C11H15N5O4/c12-9-7-10(14-3-13-9)16(4-15-7)11-8(19)6(18)1-5(2-17)20-11/h3-6,8,11,17-19H,1-2H2,(H2,12,13,14). The molecule has 5 N–H and O–H groups in total.